The van der Waals surface area contributed by atoms with E-state index in [1.54, 1.807) is 24.3 Å². The van der Waals surface area contributed by atoms with Crippen LogP contribution in [0, 0.1) is 0 Å². The highest BCUT2D eigenvalue weighted by molar-refractivity contribution is 6.19. The van der Waals surface area contributed by atoms with E-state index >= 15 is 0 Å². The zero-order chi connectivity index (χ0) is 22.6. The van der Waals surface area contributed by atoms with Crippen molar-refractivity contribution in [3.8, 4) is 23.0 Å². The van der Waals surface area contributed by atoms with Crippen LogP contribution in [-0.4, -0.2) is 37.5 Å². The maximum Gasteiger partial charge on any atom is 0.326 e. The van der Waals surface area contributed by atoms with Crippen molar-refractivity contribution >= 4 is 35.3 Å². The van der Waals surface area contributed by atoms with E-state index < -0.39 is 12.1 Å². The Balaban J connectivity index is 0.000000135. The van der Waals surface area contributed by atoms with E-state index in [4.69, 9.17) is 30.4 Å². The van der Waals surface area contributed by atoms with Crippen LogP contribution in [0.25, 0.3) is 0 Å². The van der Waals surface area contributed by atoms with Crippen LogP contribution in [0.3, 0.4) is 0 Å². The molecule has 0 saturated carbocycles. The van der Waals surface area contributed by atoms with Gasteiger partial charge in [0.25, 0.3) is 0 Å². The molecule has 4 N–H and O–H groups in total. The summed E-state index contributed by atoms with van der Waals surface area (Å²) in [5.41, 5.74) is 12.7. The van der Waals surface area contributed by atoms with Crippen molar-refractivity contribution in [2.24, 2.45) is 11.5 Å². The van der Waals surface area contributed by atoms with E-state index in [-0.39, 0.29) is 38.2 Å². The molecule has 6 rings (SSSR count). The van der Waals surface area contributed by atoms with Crippen molar-refractivity contribution in [1.29, 1.82) is 0 Å². The topological polar surface area (TPSA) is 164 Å². The minimum absolute atomic E-state index is 0.156. The molecule has 4 aliphatic heterocycles. The summed E-state index contributed by atoms with van der Waals surface area (Å²) < 4.78 is 20.7. The van der Waals surface area contributed by atoms with Crippen LogP contribution in [0.5, 0.6) is 23.0 Å². The molecular formula is C20H16N4O8. The summed E-state index contributed by atoms with van der Waals surface area (Å²) in [5, 5.41) is 0. The van der Waals surface area contributed by atoms with Gasteiger partial charge in [-0.3, -0.25) is 9.59 Å². The third-order valence-electron chi connectivity index (χ3n) is 5.25. The third kappa shape index (κ3) is 3.00. The number of primary amides is 2. The molecule has 0 radical (unpaired) electrons. The minimum Gasteiger partial charge on any atom is -0.454 e. The molecule has 4 aliphatic rings. The Labute approximate surface area is 180 Å². The average molecular weight is 440 g/mol. The lowest BCUT2D eigenvalue weighted by Crippen LogP contribution is -2.38. The van der Waals surface area contributed by atoms with E-state index in [1.165, 1.54) is 0 Å². The smallest absolute Gasteiger partial charge is 0.326 e. The van der Waals surface area contributed by atoms with Crippen LogP contribution in [0.4, 0.5) is 21.0 Å². The van der Waals surface area contributed by atoms with Crippen LogP contribution < -0.4 is 40.2 Å². The largest absolute Gasteiger partial charge is 0.454 e. The lowest BCUT2D eigenvalue weighted by molar-refractivity contribution is -0.117. The van der Waals surface area contributed by atoms with Gasteiger partial charge in [-0.05, 0) is 23.3 Å². The molecule has 12 nitrogen and oxygen atoms in total. The zero-order valence-corrected chi connectivity index (χ0v) is 16.5. The van der Waals surface area contributed by atoms with Crippen LogP contribution in [-0.2, 0) is 22.4 Å². The highest BCUT2D eigenvalue weighted by Gasteiger charge is 2.34. The lowest BCUT2D eigenvalue weighted by Gasteiger charge is -2.12. The first-order chi connectivity index (χ1) is 15.3. The van der Waals surface area contributed by atoms with Crippen LogP contribution in [0.2, 0.25) is 0 Å². The Kier molecular flexibility index (Phi) is 4.29. The summed E-state index contributed by atoms with van der Waals surface area (Å²) in [4.78, 5) is 47.3. The average Bonchev–Trinajstić information content (AvgIpc) is 3.47. The first kappa shape index (κ1) is 19.5. The van der Waals surface area contributed by atoms with E-state index in [1.807, 2.05) is 0 Å². The van der Waals surface area contributed by atoms with Gasteiger partial charge in [0, 0.05) is 12.1 Å². The number of benzene rings is 2. The van der Waals surface area contributed by atoms with Crippen LogP contribution in [0.1, 0.15) is 11.1 Å². The van der Waals surface area contributed by atoms with Crippen molar-refractivity contribution in [3.05, 3.63) is 35.4 Å². The second kappa shape index (κ2) is 7.04. The first-order valence-corrected chi connectivity index (χ1v) is 9.43. The second-order valence-electron chi connectivity index (χ2n) is 7.16. The number of nitrogens with two attached hydrogens (primary N) is 2. The maximum atomic E-state index is 11.5. The molecule has 4 heterocycles. The van der Waals surface area contributed by atoms with Crippen molar-refractivity contribution < 1.29 is 38.1 Å². The highest BCUT2D eigenvalue weighted by Crippen LogP contribution is 2.42. The molecule has 0 aliphatic carbocycles. The first-order valence-electron chi connectivity index (χ1n) is 9.43. The molecule has 2 aromatic carbocycles. The molecule has 6 amide bonds. The molecule has 0 aromatic heterocycles. The van der Waals surface area contributed by atoms with Crippen molar-refractivity contribution in [3.63, 3.8) is 0 Å². The Bertz CT molecular complexity index is 1120. The fourth-order valence-electron chi connectivity index (χ4n) is 3.88. The number of anilines is 2. The SMILES string of the molecule is NC(=O)N1C(=O)Cc2cc3c(cc21)OCO3.NC(=O)N1C(=O)Cc2cc3c(cc21)OCO3. The zero-order valence-electron chi connectivity index (χ0n) is 16.5. The number of carbonyl (C=O) groups is 4. The summed E-state index contributed by atoms with van der Waals surface area (Å²) >= 11 is 0. The Morgan fingerprint density at radius 3 is 1.34 bits per heavy atom. The maximum absolute atomic E-state index is 11.5. The Morgan fingerprint density at radius 1 is 0.656 bits per heavy atom. The number of hydrogen-bond acceptors (Lipinski definition) is 8. The molecular weight excluding hydrogens is 424 g/mol. The van der Waals surface area contributed by atoms with E-state index in [0.29, 0.717) is 34.4 Å². The summed E-state index contributed by atoms with van der Waals surface area (Å²) in [5.74, 6) is 1.59. The van der Waals surface area contributed by atoms with E-state index in [9.17, 15) is 19.2 Å². The number of ether oxygens (including phenoxy) is 4. The molecule has 0 saturated heterocycles. The number of rotatable bonds is 0. The number of amides is 6. The third-order valence-corrected chi connectivity index (χ3v) is 5.25. The number of imide groups is 2. The molecule has 0 unspecified atom stereocenters. The van der Waals surface area contributed by atoms with Gasteiger partial charge < -0.3 is 30.4 Å². The van der Waals surface area contributed by atoms with Crippen molar-refractivity contribution in [2.45, 2.75) is 12.8 Å². The monoisotopic (exact) mass is 440 g/mol. The molecule has 164 valence electrons. The molecule has 12 heteroatoms. The molecule has 32 heavy (non-hydrogen) atoms. The van der Waals surface area contributed by atoms with Gasteiger partial charge in [-0.1, -0.05) is 0 Å². The van der Waals surface area contributed by atoms with Gasteiger partial charge in [0.05, 0.1) is 24.2 Å². The second-order valence-corrected chi connectivity index (χ2v) is 7.16. The van der Waals surface area contributed by atoms with Gasteiger partial charge in [0.1, 0.15) is 0 Å². The Hall–Kier alpha value is -4.48. The van der Waals surface area contributed by atoms with Gasteiger partial charge in [0.15, 0.2) is 23.0 Å². The summed E-state index contributed by atoms with van der Waals surface area (Å²) in [6.07, 6.45) is 0.323. The number of nitrogens with zero attached hydrogens (tertiary/aromatic N) is 2. The molecule has 2 aromatic rings. The lowest BCUT2D eigenvalue weighted by atomic mass is 10.1. The van der Waals surface area contributed by atoms with Gasteiger partial charge in [-0.15, -0.1) is 0 Å². The predicted molar refractivity (Wildman–Crippen MR) is 107 cm³/mol. The molecule has 0 atom stereocenters. The molecule has 0 fully saturated rings. The van der Waals surface area contributed by atoms with Crippen molar-refractivity contribution in [2.75, 3.05) is 23.4 Å². The Morgan fingerprint density at radius 2 is 1.00 bits per heavy atom. The normalized spacial score (nSPS) is 16.5. The molecule has 0 spiro atoms. The van der Waals surface area contributed by atoms with Crippen LogP contribution in [0.15, 0.2) is 24.3 Å². The quantitative estimate of drug-likeness (QED) is 0.606. The number of carbonyl (C=O) groups excluding carboxylic acids is 4. The van der Waals surface area contributed by atoms with Gasteiger partial charge in [0.2, 0.25) is 25.4 Å². The summed E-state index contributed by atoms with van der Waals surface area (Å²) in [6, 6.07) is 5.07. The van der Waals surface area contributed by atoms with E-state index in [0.717, 1.165) is 20.9 Å². The fourth-order valence-corrected chi connectivity index (χ4v) is 3.88. The summed E-state index contributed by atoms with van der Waals surface area (Å²) in [6.45, 7) is 0.311. The minimum atomic E-state index is -0.775. The fraction of sp³-hybridized carbons (Fsp3) is 0.200. The number of urea groups is 2. The van der Waals surface area contributed by atoms with Crippen molar-refractivity contribution in [1.82, 2.24) is 0 Å². The van der Waals surface area contributed by atoms with Crippen LogP contribution >= 0.6 is 0 Å². The van der Waals surface area contributed by atoms with Gasteiger partial charge in [-0.2, -0.15) is 0 Å². The molecule has 0 bridgehead atoms. The summed E-state index contributed by atoms with van der Waals surface area (Å²) in [7, 11) is 0. The van der Waals surface area contributed by atoms with Gasteiger partial charge in [-0.25, -0.2) is 19.4 Å². The predicted octanol–water partition coefficient (Wildman–Crippen LogP) is 0.766. The highest BCUT2D eigenvalue weighted by atomic mass is 16.7. The number of fused-ring (bicyclic) bond motifs is 4. The van der Waals surface area contributed by atoms with E-state index in [2.05, 4.69) is 0 Å². The number of hydrogen-bond donors (Lipinski definition) is 2. The van der Waals surface area contributed by atoms with Gasteiger partial charge >= 0.3 is 12.1 Å². The standard InChI is InChI=1S/2C10H8N2O4/c2*11-10(14)12-6-3-8-7(15-4-16-8)1-5(6)2-9(12)13/h2*1,3H,2,4H2,(H2,11,14).